The molecule has 0 heterocycles. The highest BCUT2D eigenvalue weighted by Crippen LogP contribution is 2.25. The second kappa shape index (κ2) is 8.62. The van der Waals surface area contributed by atoms with Crippen molar-refractivity contribution < 1.29 is 4.74 Å². The molecule has 108 valence electrons. The molecule has 0 spiro atoms. The van der Waals surface area contributed by atoms with Crippen molar-refractivity contribution in [2.24, 2.45) is 0 Å². The Kier molecular flexibility index (Phi) is 7.13. The highest BCUT2D eigenvalue weighted by atomic mass is 35.5. The number of ether oxygens (including phenoxy) is 1. The van der Waals surface area contributed by atoms with Gasteiger partial charge in [-0.2, -0.15) is 0 Å². The third-order valence-electron chi connectivity index (χ3n) is 3.29. The number of nitrogens with one attached hydrogen (secondary N) is 1. The zero-order valence-electron chi connectivity index (χ0n) is 12.0. The Morgan fingerprint density at radius 3 is 2.35 bits per heavy atom. The van der Waals surface area contributed by atoms with E-state index in [9.17, 15) is 0 Å². The van der Waals surface area contributed by atoms with E-state index in [-0.39, 0.29) is 12.4 Å². The Bertz CT molecular complexity index is 501. The van der Waals surface area contributed by atoms with Crippen molar-refractivity contribution >= 4 is 12.4 Å². The fraction of sp³-hybridized carbons (Fsp3) is 0.294. The molecule has 1 N–H and O–H groups in total. The van der Waals surface area contributed by atoms with E-state index in [2.05, 4.69) is 48.6 Å². The number of para-hydroxylation sites is 1. The van der Waals surface area contributed by atoms with Crippen LogP contribution in [-0.4, -0.2) is 13.7 Å². The minimum Gasteiger partial charge on any atom is -0.496 e. The molecule has 2 nitrogen and oxygen atoms in total. The lowest BCUT2D eigenvalue weighted by atomic mass is 10.00. The maximum atomic E-state index is 5.40. The molecule has 2 aromatic carbocycles. The second-order valence-corrected chi connectivity index (χ2v) is 4.76. The van der Waals surface area contributed by atoms with Crippen LogP contribution in [0.2, 0.25) is 0 Å². The highest BCUT2D eigenvalue weighted by Gasteiger charge is 2.10. The van der Waals surface area contributed by atoms with Crippen LogP contribution >= 0.6 is 12.4 Å². The van der Waals surface area contributed by atoms with Crippen LogP contribution in [0.25, 0.3) is 0 Å². The first kappa shape index (κ1) is 16.5. The Morgan fingerprint density at radius 2 is 1.65 bits per heavy atom. The molecular weight excluding hydrogens is 270 g/mol. The van der Waals surface area contributed by atoms with E-state index < -0.39 is 0 Å². The van der Waals surface area contributed by atoms with Gasteiger partial charge in [0.2, 0.25) is 0 Å². The van der Waals surface area contributed by atoms with Crippen LogP contribution in [0, 0.1) is 0 Å². The maximum absolute atomic E-state index is 5.40. The lowest BCUT2D eigenvalue weighted by molar-refractivity contribution is 0.405. The maximum Gasteiger partial charge on any atom is 0.122 e. The van der Waals surface area contributed by atoms with Gasteiger partial charge < -0.3 is 10.1 Å². The molecule has 1 unspecified atom stereocenters. The Hall–Kier alpha value is -1.51. The number of hydrogen-bond donors (Lipinski definition) is 1. The predicted octanol–water partition coefficient (Wildman–Crippen LogP) is 4.01. The van der Waals surface area contributed by atoms with Gasteiger partial charge in [-0.05, 0) is 23.1 Å². The van der Waals surface area contributed by atoms with Crippen molar-refractivity contribution in [1.29, 1.82) is 0 Å². The summed E-state index contributed by atoms with van der Waals surface area (Å²) in [6.07, 6.45) is 0. The molecule has 0 amide bonds. The van der Waals surface area contributed by atoms with Gasteiger partial charge in [-0.1, -0.05) is 55.5 Å². The fourth-order valence-electron chi connectivity index (χ4n) is 2.21. The van der Waals surface area contributed by atoms with Gasteiger partial charge in [0.05, 0.1) is 7.11 Å². The molecule has 2 rings (SSSR count). The third kappa shape index (κ3) is 4.55. The molecule has 1 atom stereocenters. The number of hydrogen-bond acceptors (Lipinski definition) is 2. The topological polar surface area (TPSA) is 21.3 Å². The molecule has 0 aliphatic rings. The van der Waals surface area contributed by atoms with Crippen LogP contribution in [0.3, 0.4) is 0 Å². The van der Waals surface area contributed by atoms with Crippen LogP contribution in [0.4, 0.5) is 0 Å². The van der Waals surface area contributed by atoms with Gasteiger partial charge in [-0.15, -0.1) is 12.4 Å². The van der Waals surface area contributed by atoms with Crippen LogP contribution in [0.15, 0.2) is 54.6 Å². The molecule has 2 aromatic rings. The lowest BCUT2D eigenvalue weighted by Gasteiger charge is -2.16. The molecule has 0 fully saturated rings. The van der Waals surface area contributed by atoms with Gasteiger partial charge in [0.1, 0.15) is 5.75 Å². The van der Waals surface area contributed by atoms with Gasteiger partial charge in [-0.3, -0.25) is 0 Å². The van der Waals surface area contributed by atoms with E-state index in [0.717, 1.165) is 18.8 Å². The minimum atomic E-state index is 0. The summed E-state index contributed by atoms with van der Waals surface area (Å²) in [5, 5.41) is 3.50. The van der Waals surface area contributed by atoms with Crippen molar-refractivity contribution in [1.82, 2.24) is 5.32 Å². The van der Waals surface area contributed by atoms with Gasteiger partial charge in [0.15, 0.2) is 0 Å². The molecular formula is C17H22ClNO. The van der Waals surface area contributed by atoms with Gasteiger partial charge in [0.25, 0.3) is 0 Å². The lowest BCUT2D eigenvalue weighted by Crippen LogP contribution is -2.19. The van der Waals surface area contributed by atoms with E-state index in [1.54, 1.807) is 7.11 Å². The summed E-state index contributed by atoms with van der Waals surface area (Å²) in [4.78, 5) is 0. The van der Waals surface area contributed by atoms with Crippen LogP contribution in [0.5, 0.6) is 5.75 Å². The van der Waals surface area contributed by atoms with Crippen molar-refractivity contribution in [2.75, 3.05) is 13.7 Å². The van der Waals surface area contributed by atoms with E-state index in [1.165, 1.54) is 11.1 Å². The Balaban J connectivity index is 0.00000200. The Morgan fingerprint density at radius 1 is 1.00 bits per heavy atom. The second-order valence-electron chi connectivity index (χ2n) is 4.76. The van der Waals surface area contributed by atoms with E-state index in [4.69, 9.17) is 4.74 Å². The number of methoxy groups -OCH3 is 1. The summed E-state index contributed by atoms with van der Waals surface area (Å²) in [5.74, 6) is 1.40. The molecule has 0 aliphatic carbocycles. The average molecular weight is 292 g/mol. The molecule has 20 heavy (non-hydrogen) atoms. The largest absolute Gasteiger partial charge is 0.496 e. The van der Waals surface area contributed by atoms with Crippen LogP contribution in [-0.2, 0) is 6.54 Å². The van der Waals surface area contributed by atoms with Gasteiger partial charge >= 0.3 is 0 Å². The molecule has 0 bridgehead atoms. The first-order chi connectivity index (χ1) is 9.31. The summed E-state index contributed by atoms with van der Waals surface area (Å²) in [7, 11) is 1.73. The van der Waals surface area contributed by atoms with Crippen LogP contribution < -0.4 is 10.1 Å². The highest BCUT2D eigenvalue weighted by molar-refractivity contribution is 5.85. The first-order valence-electron chi connectivity index (χ1n) is 6.69. The molecule has 0 saturated carbocycles. The quantitative estimate of drug-likeness (QED) is 0.868. The first-order valence-corrected chi connectivity index (χ1v) is 6.69. The summed E-state index contributed by atoms with van der Waals surface area (Å²) < 4.78 is 5.40. The molecule has 0 radical (unpaired) electrons. The minimum absolute atomic E-state index is 0. The van der Waals surface area contributed by atoms with Crippen molar-refractivity contribution in [3.8, 4) is 5.75 Å². The number of benzene rings is 2. The van der Waals surface area contributed by atoms with Crippen molar-refractivity contribution in [3.63, 3.8) is 0 Å². The third-order valence-corrected chi connectivity index (χ3v) is 3.29. The number of rotatable bonds is 6. The monoisotopic (exact) mass is 291 g/mol. The standard InChI is InChI=1S/C17H21NO.ClH/c1-14(16-10-6-7-11-17(16)19-2)12-18-13-15-8-4-3-5-9-15;/h3-11,14,18H,12-13H2,1-2H3;1H. The number of halogens is 1. The molecule has 3 heteroatoms. The van der Waals surface area contributed by atoms with Gasteiger partial charge in [-0.25, -0.2) is 0 Å². The molecule has 0 aliphatic heterocycles. The Labute approximate surface area is 127 Å². The van der Waals surface area contributed by atoms with E-state index in [0.29, 0.717) is 5.92 Å². The predicted molar refractivity (Wildman–Crippen MR) is 86.8 cm³/mol. The smallest absolute Gasteiger partial charge is 0.122 e. The van der Waals surface area contributed by atoms with Crippen molar-refractivity contribution in [2.45, 2.75) is 19.4 Å². The summed E-state index contributed by atoms with van der Waals surface area (Å²) in [5.41, 5.74) is 2.57. The van der Waals surface area contributed by atoms with E-state index >= 15 is 0 Å². The average Bonchev–Trinajstić information content (AvgIpc) is 2.48. The normalized spacial score (nSPS) is 11.5. The van der Waals surface area contributed by atoms with Gasteiger partial charge in [0, 0.05) is 13.1 Å². The summed E-state index contributed by atoms with van der Waals surface area (Å²) in [6, 6.07) is 18.7. The summed E-state index contributed by atoms with van der Waals surface area (Å²) >= 11 is 0. The van der Waals surface area contributed by atoms with Crippen molar-refractivity contribution in [3.05, 3.63) is 65.7 Å². The van der Waals surface area contributed by atoms with Crippen LogP contribution in [0.1, 0.15) is 24.0 Å². The summed E-state index contributed by atoms with van der Waals surface area (Å²) in [6.45, 7) is 4.06. The molecule has 0 aromatic heterocycles. The molecule has 0 saturated heterocycles. The van der Waals surface area contributed by atoms with E-state index in [1.807, 2.05) is 18.2 Å². The zero-order chi connectivity index (χ0) is 13.5. The zero-order valence-corrected chi connectivity index (χ0v) is 12.8. The SMILES string of the molecule is COc1ccccc1C(C)CNCc1ccccc1.Cl. The fourth-order valence-corrected chi connectivity index (χ4v) is 2.21.